The van der Waals surface area contributed by atoms with Crippen molar-refractivity contribution in [3.05, 3.63) is 59.3 Å². The van der Waals surface area contributed by atoms with Gasteiger partial charge in [0.2, 0.25) is 12.7 Å². The third kappa shape index (κ3) is 5.46. The number of alkyl halides is 3. The average molecular weight is 530 g/mol. The fourth-order valence-electron chi connectivity index (χ4n) is 4.81. The molecule has 38 heavy (non-hydrogen) atoms. The molecule has 2 heterocycles. The number of carboxylic acid groups (broad SMARTS) is 1. The first-order chi connectivity index (χ1) is 18.2. The molecule has 0 radical (unpaired) electrons. The molecule has 1 aliphatic carbocycles. The number of ether oxygens (including phenoxy) is 3. The predicted octanol–water partition coefficient (Wildman–Crippen LogP) is 5.30. The summed E-state index contributed by atoms with van der Waals surface area (Å²) in [6.45, 7) is 0.857. The Morgan fingerprint density at radius 2 is 2.00 bits per heavy atom. The molecule has 0 saturated heterocycles. The second-order valence-corrected chi connectivity index (χ2v) is 9.32. The van der Waals surface area contributed by atoms with Gasteiger partial charge >= 0.3 is 12.1 Å². The van der Waals surface area contributed by atoms with Crippen LogP contribution in [0.3, 0.4) is 0 Å². The summed E-state index contributed by atoms with van der Waals surface area (Å²) in [5.74, 6) is 0.942. The normalized spacial score (nSPS) is 15.8. The van der Waals surface area contributed by atoms with Crippen LogP contribution in [-0.2, 0) is 17.4 Å². The molecule has 5 rings (SSSR count). The van der Waals surface area contributed by atoms with Crippen molar-refractivity contribution in [1.82, 2.24) is 9.97 Å². The highest BCUT2D eigenvalue weighted by Gasteiger charge is 2.36. The van der Waals surface area contributed by atoms with Crippen molar-refractivity contribution in [3.63, 3.8) is 0 Å². The summed E-state index contributed by atoms with van der Waals surface area (Å²) in [7, 11) is 1.71. The molecule has 1 N–H and O–H groups in total. The third-order valence-electron chi connectivity index (χ3n) is 6.71. The first-order valence-corrected chi connectivity index (χ1v) is 12.2. The molecule has 1 aliphatic heterocycles. The molecular weight excluding hydrogens is 503 g/mol. The predicted molar refractivity (Wildman–Crippen MR) is 132 cm³/mol. The van der Waals surface area contributed by atoms with E-state index in [-0.39, 0.29) is 36.3 Å². The van der Waals surface area contributed by atoms with Gasteiger partial charge in [-0.25, -0.2) is 9.97 Å². The van der Waals surface area contributed by atoms with Gasteiger partial charge in [0.05, 0.1) is 18.7 Å². The Labute approximate surface area is 217 Å². The van der Waals surface area contributed by atoms with Crippen LogP contribution in [-0.4, -0.2) is 48.0 Å². The SMILES string of the molecule is CN(CCCOc1ccc2c(c1)CC[C@H]2CC(=O)O)c1ncc(C(F)(F)F)c(-c2ccc3c(c2)OCO3)n1. The summed E-state index contributed by atoms with van der Waals surface area (Å²) in [6, 6.07) is 10.3. The van der Waals surface area contributed by atoms with Gasteiger partial charge in [0.15, 0.2) is 11.5 Å². The number of hydrogen-bond acceptors (Lipinski definition) is 7. The Morgan fingerprint density at radius 3 is 2.79 bits per heavy atom. The number of aryl methyl sites for hydroxylation is 1. The van der Waals surface area contributed by atoms with E-state index in [1.54, 1.807) is 18.0 Å². The van der Waals surface area contributed by atoms with Crippen LogP contribution in [0.25, 0.3) is 11.3 Å². The van der Waals surface area contributed by atoms with Crippen LogP contribution in [0.1, 0.15) is 41.9 Å². The van der Waals surface area contributed by atoms with Crippen LogP contribution < -0.4 is 19.1 Å². The van der Waals surface area contributed by atoms with Gasteiger partial charge in [-0.2, -0.15) is 13.2 Å². The molecule has 2 aromatic carbocycles. The maximum absolute atomic E-state index is 13.7. The number of benzene rings is 2. The van der Waals surface area contributed by atoms with E-state index < -0.39 is 17.7 Å². The molecule has 0 spiro atoms. The number of fused-ring (bicyclic) bond motifs is 2. The Morgan fingerprint density at radius 1 is 1.18 bits per heavy atom. The lowest BCUT2D eigenvalue weighted by atomic mass is 9.98. The molecule has 0 amide bonds. The van der Waals surface area contributed by atoms with Crippen LogP contribution in [0, 0.1) is 0 Å². The molecule has 11 heteroatoms. The molecule has 0 saturated carbocycles. The van der Waals surface area contributed by atoms with Crippen LogP contribution in [0.4, 0.5) is 19.1 Å². The van der Waals surface area contributed by atoms with Crippen molar-refractivity contribution in [3.8, 4) is 28.5 Å². The van der Waals surface area contributed by atoms with Crippen molar-refractivity contribution < 1.29 is 37.3 Å². The molecule has 0 fully saturated rings. The van der Waals surface area contributed by atoms with E-state index in [4.69, 9.17) is 19.3 Å². The van der Waals surface area contributed by atoms with Crippen LogP contribution in [0.15, 0.2) is 42.6 Å². The second kappa shape index (κ2) is 10.4. The fourth-order valence-corrected chi connectivity index (χ4v) is 4.81. The molecule has 200 valence electrons. The molecule has 1 aromatic heterocycles. The minimum absolute atomic E-state index is 0.0153. The zero-order valence-corrected chi connectivity index (χ0v) is 20.6. The molecule has 2 aliphatic rings. The van der Waals surface area contributed by atoms with Crippen molar-refractivity contribution in [2.24, 2.45) is 0 Å². The molecule has 0 unspecified atom stereocenters. The monoisotopic (exact) mass is 529 g/mol. The number of aliphatic carboxylic acids is 1. The highest BCUT2D eigenvalue weighted by Crippen LogP contribution is 2.41. The van der Waals surface area contributed by atoms with Crippen LogP contribution in [0.2, 0.25) is 0 Å². The van der Waals surface area contributed by atoms with Gasteiger partial charge in [-0.05, 0) is 66.6 Å². The quantitative estimate of drug-likeness (QED) is 0.373. The first kappa shape index (κ1) is 25.6. The van der Waals surface area contributed by atoms with Gasteiger partial charge in [-0.3, -0.25) is 4.79 Å². The maximum atomic E-state index is 13.7. The van der Waals surface area contributed by atoms with Crippen molar-refractivity contribution in [1.29, 1.82) is 0 Å². The van der Waals surface area contributed by atoms with Crippen molar-refractivity contribution >= 4 is 11.9 Å². The van der Waals surface area contributed by atoms with Gasteiger partial charge in [-0.15, -0.1) is 0 Å². The standard InChI is InChI=1S/C27H26F3N3O5/c1-33(9-2-10-36-19-6-7-20-16(11-19)3-4-17(20)13-24(34)35)26-31-14-21(27(28,29)30)25(32-26)18-5-8-22-23(12-18)38-15-37-22/h5-8,11-12,14,17H,2-4,9-10,13,15H2,1H3,(H,34,35)/t17-/m0/s1. The smallest absolute Gasteiger partial charge is 0.419 e. The number of anilines is 1. The molecule has 0 bridgehead atoms. The van der Waals surface area contributed by atoms with Crippen LogP contribution in [0.5, 0.6) is 17.2 Å². The lowest BCUT2D eigenvalue weighted by Gasteiger charge is -2.20. The van der Waals surface area contributed by atoms with Crippen molar-refractivity contribution in [2.75, 3.05) is 31.9 Å². The average Bonchev–Trinajstić information content (AvgIpc) is 3.51. The van der Waals surface area contributed by atoms with Crippen LogP contribution >= 0.6 is 0 Å². The number of nitrogens with zero attached hydrogens (tertiary/aromatic N) is 3. The zero-order valence-electron chi connectivity index (χ0n) is 20.6. The summed E-state index contributed by atoms with van der Waals surface area (Å²) in [4.78, 5) is 21.0. The number of aromatic nitrogens is 2. The highest BCUT2D eigenvalue weighted by atomic mass is 19.4. The summed E-state index contributed by atoms with van der Waals surface area (Å²) in [5.41, 5.74) is 1.27. The van der Waals surface area contributed by atoms with E-state index in [9.17, 15) is 18.0 Å². The minimum atomic E-state index is -4.62. The fraction of sp³-hybridized carbons (Fsp3) is 0.370. The van der Waals surface area contributed by atoms with Gasteiger partial charge in [0.1, 0.15) is 11.3 Å². The number of rotatable bonds is 9. The molecular formula is C27H26F3N3O5. The van der Waals surface area contributed by atoms with E-state index in [1.165, 1.54) is 12.1 Å². The van der Waals surface area contributed by atoms with E-state index >= 15 is 0 Å². The summed E-state index contributed by atoms with van der Waals surface area (Å²) >= 11 is 0. The van der Waals surface area contributed by atoms with E-state index in [0.717, 1.165) is 30.2 Å². The highest BCUT2D eigenvalue weighted by molar-refractivity contribution is 5.69. The van der Waals surface area contributed by atoms with Gasteiger partial charge < -0.3 is 24.2 Å². The zero-order chi connectivity index (χ0) is 26.9. The lowest BCUT2D eigenvalue weighted by molar-refractivity contribution is -0.138. The third-order valence-corrected chi connectivity index (χ3v) is 6.71. The Bertz CT molecular complexity index is 1350. The van der Waals surface area contributed by atoms with E-state index in [1.807, 2.05) is 18.2 Å². The van der Waals surface area contributed by atoms with E-state index in [0.29, 0.717) is 36.8 Å². The Hall–Kier alpha value is -4.02. The van der Waals surface area contributed by atoms with Gasteiger partial charge in [0.25, 0.3) is 0 Å². The first-order valence-electron chi connectivity index (χ1n) is 12.2. The van der Waals surface area contributed by atoms with E-state index in [2.05, 4.69) is 9.97 Å². The molecule has 1 atom stereocenters. The lowest BCUT2D eigenvalue weighted by Crippen LogP contribution is -2.23. The number of halogens is 3. The molecule has 8 nitrogen and oxygen atoms in total. The topological polar surface area (TPSA) is 94.0 Å². The summed E-state index contributed by atoms with van der Waals surface area (Å²) in [5, 5.41) is 9.08. The number of carbonyl (C=O) groups is 1. The minimum Gasteiger partial charge on any atom is -0.494 e. The number of hydrogen-bond donors (Lipinski definition) is 1. The largest absolute Gasteiger partial charge is 0.494 e. The van der Waals surface area contributed by atoms with Gasteiger partial charge in [0, 0.05) is 25.4 Å². The number of carboxylic acids is 1. The summed E-state index contributed by atoms with van der Waals surface area (Å²) < 4.78 is 57.6. The maximum Gasteiger partial charge on any atom is 0.419 e. The van der Waals surface area contributed by atoms with Crippen molar-refractivity contribution in [2.45, 2.75) is 37.8 Å². The second-order valence-electron chi connectivity index (χ2n) is 9.32. The molecule has 3 aromatic rings. The Kier molecular flexibility index (Phi) is 7.00. The van der Waals surface area contributed by atoms with Gasteiger partial charge in [-0.1, -0.05) is 6.07 Å². The summed E-state index contributed by atoms with van der Waals surface area (Å²) in [6.07, 6.45) is -1.47. The Balaban J connectivity index is 1.23.